The number of likely N-dealkylation sites (N-methyl/N-ethyl adjacent to an activating group) is 3. The summed E-state index contributed by atoms with van der Waals surface area (Å²) < 4.78 is 16.8. The first-order valence-corrected chi connectivity index (χ1v) is 22.7. The van der Waals surface area contributed by atoms with Gasteiger partial charge in [0.15, 0.2) is 22.9 Å². The molecule has 0 fully saturated rings. The number of quaternary nitrogens is 1. The van der Waals surface area contributed by atoms with E-state index < -0.39 is 0 Å². The Labute approximate surface area is 340 Å². The fourth-order valence-electron chi connectivity index (χ4n) is 8.32. The van der Waals surface area contributed by atoms with Crippen molar-refractivity contribution in [2.45, 2.75) is 38.4 Å². The number of ether oxygens (including phenoxy) is 2. The summed E-state index contributed by atoms with van der Waals surface area (Å²) in [5, 5.41) is 0. The molecule has 1 N–H and O–H groups in total. The fourth-order valence-corrected chi connectivity index (χ4v) is 10.6. The van der Waals surface area contributed by atoms with Crippen LogP contribution in [-0.2, 0) is 13.6 Å². The Balaban J connectivity index is 0.805. The minimum Gasteiger partial charge on any atom is -0.490 e. The van der Waals surface area contributed by atoms with Crippen molar-refractivity contribution in [3.8, 4) is 11.5 Å². The summed E-state index contributed by atoms with van der Waals surface area (Å²) in [5.74, 6) is 5.54. The van der Waals surface area contributed by atoms with Crippen molar-refractivity contribution >= 4 is 73.6 Å². The lowest BCUT2D eigenvalue weighted by Gasteiger charge is -2.27. The molecule has 0 amide bonds. The first-order chi connectivity index (χ1) is 27.5. The number of nitrogens with one attached hydrogen (secondary N) is 1. The van der Waals surface area contributed by atoms with Crippen molar-refractivity contribution in [1.82, 2.24) is 4.57 Å². The van der Waals surface area contributed by atoms with Crippen LogP contribution in [0.1, 0.15) is 42.6 Å². The highest BCUT2D eigenvalue weighted by Crippen LogP contribution is 2.34. The van der Waals surface area contributed by atoms with E-state index in [1.54, 1.807) is 0 Å². The summed E-state index contributed by atoms with van der Waals surface area (Å²) in [6.07, 6.45) is 14.2. The lowest BCUT2D eigenvalue weighted by molar-refractivity contribution is -0.845. The Kier molecular flexibility index (Phi) is 12.2. The van der Waals surface area contributed by atoms with Gasteiger partial charge in [-0.2, -0.15) is 0 Å². The van der Waals surface area contributed by atoms with Crippen LogP contribution in [0.5, 0.6) is 11.5 Å². The van der Waals surface area contributed by atoms with E-state index in [1.165, 1.54) is 75.2 Å². The number of benzene rings is 4. The number of hydrogen-bond acceptors (Lipinski definition) is 7. The molecular formula is C46H56N6O2S2+2. The van der Waals surface area contributed by atoms with Crippen molar-refractivity contribution in [3.05, 3.63) is 108 Å². The molecule has 0 radical (unpaired) electrons. The smallest absolute Gasteiger partial charge is 0.282 e. The van der Waals surface area contributed by atoms with Gasteiger partial charge in [-0.05, 0) is 91.4 Å². The molecule has 56 heavy (non-hydrogen) atoms. The molecule has 4 aromatic carbocycles. The molecule has 0 spiro atoms. The van der Waals surface area contributed by atoms with Gasteiger partial charge < -0.3 is 24.2 Å². The number of para-hydroxylation sites is 4. The minimum absolute atomic E-state index is 0.269. The van der Waals surface area contributed by atoms with Crippen LogP contribution in [0.4, 0.5) is 22.7 Å². The average Bonchev–Trinajstić information content (AvgIpc) is 3.65. The van der Waals surface area contributed by atoms with Gasteiger partial charge in [-0.1, -0.05) is 64.1 Å². The largest absolute Gasteiger partial charge is 0.490 e. The number of anilines is 3. The molecule has 4 heterocycles. The van der Waals surface area contributed by atoms with Crippen LogP contribution in [0.15, 0.2) is 91.0 Å². The van der Waals surface area contributed by atoms with Gasteiger partial charge in [0.25, 0.3) is 5.82 Å². The third kappa shape index (κ3) is 8.29. The fraction of sp³-hybridized carbons (Fsp3) is 0.370. The van der Waals surface area contributed by atoms with Crippen LogP contribution in [0.2, 0.25) is 0 Å². The maximum absolute atomic E-state index is 5.98. The molecule has 10 heteroatoms. The third-order valence-electron chi connectivity index (χ3n) is 11.5. The highest BCUT2D eigenvalue weighted by atomic mass is 33.1. The number of aromatic nitrogens is 2. The quantitative estimate of drug-likeness (QED) is 0.0657. The second-order valence-electron chi connectivity index (χ2n) is 15.2. The molecule has 0 aliphatic carbocycles. The lowest BCUT2D eigenvalue weighted by Crippen LogP contribution is -3.11. The van der Waals surface area contributed by atoms with Crippen LogP contribution in [0, 0.1) is 0 Å². The minimum atomic E-state index is 0.269. The number of aryl methyl sites for hydroxylation is 2. The van der Waals surface area contributed by atoms with Crippen molar-refractivity contribution < 1.29 is 18.9 Å². The molecule has 1 aromatic heterocycles. The topological polar surface area (TPSA) is 41.4 Å². The number of nitrogens with zero attached hydrogens (tertiary/aromatic N) is 5. The van der Waals surface area contributed by atoms with E-state index in [9.17, 15) is 0 Å². The summed E-state index contributed by atoms with van der Waals surface area (Å²) in [6.45, 7) is 5.45. The molecule has 3 aliphatic rings. The molecule has 5 aromatic rings. The first-order valence-electron chi connectivity index (χ1n) is 20.2. The van der Waals surface area contributed by atoms with Gasteiger partial charge in [0.05, 0.1) is 44.6 Å². The Hall–Kier alpha value is -4.51. The number of rotatable bonds is 15. The summed E-state index contributed by atoms with van der Waals surface area (Å²) >= 11 is 0. The summed E-state index contributed by atoms with van der Waals surface area (Å²) in [7, 11) is 12.8. The van der Waals surface area contributed by atoms with E-state index in [4.69, 9.17) is 9.47 Å². The van der Waals surface area contributed by atoms with Crippen LogP contribution < -0.4 is 33.6 Å². The zero-order chi connectivity index (χ0) is 38.4. The standard InChI is InChI=1S/C46H55N6O2S2/c1-47-27-29-53-43-33-35(17-21-41(43)47)19-23-45-49(3)37-13-5-7-15-39(37)51(45)25-9-11-31-55-56-32-12-10-26-52-40-16-8-6-14-38(40)50(4)46(52)24-20-36-18-22-42-44(34-36)54-30-28-48(42)2/h5-8,13-24,33-34,45H,9-12,25-32H2,1-4H3/q+1/p+1/b23-19+. The Morgan fingerprint density at radius 1 is 0.714 bits per heavy atom. The molecule has 8 nitrogen and oxygen atoms in total. The van der Waals surface area contributed by atoms with E-state index in [0.717, 1.165) is 68.6 Å². The Morgan fingerprint density at radius 2 is 1.36 bits per heavy atom. The van der Waals surface area contributed by atoms with Crippen LogP contribution in [0.3, 0.4) is 0 Å². The lowest BCUT2D eigenvalue weighted by atomic mass is 10.1. The molecule has 2 unspecified atom stereocenters. The van der Waals surface area contributed by atoms with E-state index in [2.05, 4.69) is 161 Å². The van der Waals surface area contributed by atoms with Gasteiger partial charge in [-0.15, -0.1) is 0 Å². The van der Waals surface area contributed by atoms with Crippen LogP contribution >= 0.6 is 21.6 Å². The van der Waals surface area contributed by atoms with E-state index in [1.807, 2.05) is 21.6 Å². The van der Waals surface area contributed by atoms with Gasteiger partial charge in [0.2, 0.25) is 0 Å². The van der Waals surface area contributed by atoms with Gasteiger partial charge in [0.1, 0.15) is 30.4 Å². The van der Waals surface area contributed by atoms with Crippen LogP contribution in [-0.4, -0.2) is 76.2 Å². The monoisotopic (exact) mass is 788 g/mol. The highest BCUT2D eigenvalue weighted by Gasteiger charge is 2.36. The Morgan fingerprint density at radius 3 is 2.09 bits per heavy atom. The van der Waals surface area contributed by atoms with E-state index in [-0.39, 0.29) is 6.17 Å². The predicted molar refractivity (Wildman–Crippen MR) is 239 cm³/mol. The average molecular weight is 789 g/mol. The zero-order valence-electron chi connectivity index (χ0n) is 33.3. The van der Waals surface area contributed by atoms with Gasteiger partial charge in [0, 0.05) is 44.8 Å². The van der Waals surface area contributed by atoms with Crippen molar-refractivity contribution in [1.29, 1.82) is 0 Å². The Bertz CT molecular complexity index is 2200. The summed E-state index contributed by atoms with van der Waals surface area (Å²) in [5.41, 5.74) is 9.98. The summed E-state index contributed by atoms with van der Waals surface area (Å²) in [6, 6.07) is 30.8. The third-order valence-corrected chi connectivity index (χ3v) is 14.1. The maximum atomic E-state index is 5.98. The van der Waals surface area contributed by atoms with Crippen molar-refractivity contribution in [2.75, 3.05) is 80.2 Å². The number of hydrogen-bond donors (Lipinski definition) is 1. The molecule has 8 rings (SSSR count). The predicted octanol–water partition coefficient (Wildman–Crippen LogP) is 7.94. The van der Waals surface area contributed by atoms with Gasteiger partial charge >= 0.3 is 0 Å². The second kappa shape index (κ2) is 17.7. The molecule has 2 atom stereocenters. The van der Waals surface area contributed by atoms with Crippen molar-refractivity contribution in [3.63, 3.8) is 0 Å². The maximum Gasteiger partial charge on any atom is 0.282 e. The molecule has 0 saturated carbocycles. The molecule has 0 bridgehead atoms. The normalized spacial score (nSPS) is 17.8. The van der Waals surface area contributed by atoms with Gasteiger partial charge in [-0.25, -0.2) is 9.13 Å². The molecule has 292 valence electrons. The number of fused-ring (bicyclic) bond motifs is 4. The molecular weight excluding hydrogens is 733 g/mol. The SMILES string of the molecule is CN1CCOc2cc(/C=C/c3n(CCCCSSCCCC[NH+]4c5ccccc5N(C)C4/C=C/c4ccc5c(c4)OCCN5C)c4ccccc4[n+]3C)ccc21. The second-order valence-corrected chi connectivity index (χ2v) is 17.9. The first kappa shape index (κ1) is 38.4. The van der Waals surface area contributed by atoms with E-state index in [0.29, 0.717) is 0 Å². The molecule has 0 saturated heterocycles. The van der Waals surface area contributed by atoms with Gasteiger partial charge in [-0.3, -0.25) is 4.90 Å². The zero-order valence-corrected chi connectivity index (χ0v) is 35.0. The summed E-state index contributed by atoms with van der Waals surface area (Å²) in [4.78, 5) is 8.50. The molecule has 3 aliphatic heterocycles. The highest BCUT2D eigenvalue weighted by molar-refractivity contribution is 8.76. The number of imidazole rings is 1. The number of unbranched alkanes of at least 4 members (excludes halogenated alkanes) is 2. The van der Waals surface area contributed by atoms with Crippen LogP contribution in [0.25, 0.3) is 29.3 Å². The van der Waals surface area contributed by atoms with E-state index >= 15 is 0 Å². The van der Waals surface area contributed by atoms with Crippen molar-refractivity contribution in [2.24, 2.45) is 7.05 Å².